The Balaban J connectivity index is 1.63. The number of carbonyl (C=O) groups is 1. The SMILES string of the molecule is COc1cc(CNc2ccc(C)c(C)c2)c(Cl)cc1OCC(=O)Nc1ccc(C)cc1. The Kier molecular flexibility index (Phi) is 7.42. The van der Waals surface area contributed by atoms with Crippen LogP contribution in [0.15, 0.2) is 54.6 Å². The first-order valence-corrected chi connectivity index (χ1v) is 10.4. The van der Waals surface area contributed by atoms with Gasteiger partial charge in [-0.05, 0) is 67.8 Å². The number of anilines is 2. The Bertz CT molecular complexity index is 1070. The molecular weight excluding hydrogens is 412 g/mol. The van der Waals surface area contributed by atoms with Crippen LogP contribution in [0.3, 0.4) is 0 Å². The maximum atomic E-state index is 12.2. The summed E-state index contributed by atoms with van der Waals surface area (Å²) in [6.45, 7) is 6.54. The summed E-state index contributed by atoms with van der Waals surface area (Å²) in [5.41, 5.74) is 6.21. The zero-order valence-corrected chi connectivity index (χ0v) is 19.0. The van der Waals surface area contributed by atoms with E-state index in [-0.39, 0.29) is 12.5 Å². The third-order valence-corrected chi connectivity index (χ3v) is 5.37. The van der Waals surface area contributed by atoms with Crippen LogP contribution >= 0.6 is 11.6 Å². The minimum absolute atomic E-state index is 0.152. The first-order valence-electron chi connectivity index (χ1n) is 10.0. The van der Waals surface area contributed by atoms with Crippen LogP contribution in [0.1, 0.15) is 22.3 Å². The molecule has 0 aliphatic heterocycles. The van der Waals surface area contributed by atoms with Crippen molar-refractivity contribution in [2.24, 2.45) is 0 Å². The largest absolute Gasteiger partial charge is 0.493 e. The van der Waals surface area contributed by atoms with E-state index in [1.54, 1.807) is 13.2 Å². The number of nitrogens with one attached hydrogen (secondary N) is 2. The van der Waals surface area contributed by atoms with Gasteiger partial charge in [0, 0.05) is 29.0 Å². The quantitative estimate of drug-likeness (QED) is 0.459. The molecule has 0 saturated heterocycles. The van der Waals surface area contributed by atoms with Gasteiger partial charge in [-0.1, -0.05) is 35.4 Å². The molecule has 1 amide bonds. The summed E-state index contributed by atoms with van der Waals surface area (Å²) < 4.78 is 11.1. The van der Waals surface area contributed by atoms with Crippen LogP contribution in [0.5, 0.6) is 11.5 Å². The second kappa shape index (κ2) is 10.2. The highest BCUT2D eigenvalue weighted by Gasteiger charge is 2.13. The van der Waals surface area contributed by atoms with Crippen LogP contribution in [0, 0.1) is 20.8 Å². The summed E-state index contributed by atoms with van der Waals surface area (Å²) in [6, 6.07) is 17.3. The number of halogens is 1. The average Bonchev–Trinajstić information content (AvgIpc) is 2.75. The number of hydrogen-bond acceptors (Lipinski definition) is 4. The van der Waals surface area contributed by atoms with E-state index in [9.17, 15) is 4.79 Å². The first-order chi connectivity index (χ1) is 14.9. The van der Waals surface area contributed by atoms with Gasteiger partial charge in [-0.2, -0.15) is 0 Å². The van der Waals surface area contributed by atoms with Crippen molar-refractivity contribution >= 4 is 28.9 Å². The zero-order valence-electron chi connectivity index (χ0n) is 18.2. The summed E-state index contributed by atoms with van der Waals surface area (Å²) in [7, 11) is 1.56. The zero-order chi connectivity index (χ0) is 22.4. The van der Waals surface area contributed by atoms with Gasteiger partial charge < -0.3 is 20.1 Å². The number of amides is 1. The molecular formula is C25H27ClN2O3. The maximum absolute atomic E-state index is 12.2. The van der Waals surface area contributed by atoms with Crippen LogP contribution < -0.4 is 20.1 Å². The van der Waals surface area contributed by atoms with E-state index in [4.69, 9.17) is 21.1 Å². The molecule has 162 valence electrons. The van der Waals surface area contributed by atoms with Gasteiger partial charge in [-0.25, -0.2) is 0 Å². The minimum Gasteiger partial charge on any atom is -0.493 e. The van der Waals surface area contributed by atoms with Gasteiger partial charge in [0.05, 0.1) is 7.11 Å². The lowest BCUT2D eigenvalue weighted by atomic mass is 10.1. The van der Waals surface area contributed by atoms with E-state index < -0.39 is 0 Å². The van der Waals surface area contributed by atoms with Gasteiger partial charge in [0.1, 0.15) is 0 Å². The number of benzene rings is 3. The molecule has 0 aliphatic rings. The standard InChI is InChI=1S/C25H27ClN2O3/c1-16-5-8-20(9-6-16)28-25(29)15-31-24-13-22(26)19(12-23(24)30-4)14-27-21-10-7-17(2)18(3)11-21/h5-13,27H,14-15H2,1-4H3,(H,28,29). The topological polar surface area (TPSA) is 59.6 Å². The molecule has 2 N–H and O–H groups in total. The van der Waals surface area contributed by atoms with E-state index in [0.29, 0.717) is 23.1 Å². The highest BCUT2D eigenvalue weighted by Crippen LogP contribution is 2.34. The molecule has 3 rings (SSSR count). The lowest BCUT2D eigenvalue weighted by Crippen LogP contribution is -2.20. The number of methoxy groups -OCH3 is 1. The normalized spacial score (nSPS) is 10.5. The van der Waals surface area contributed by atoms with Crippen LogP contribution in [0.25, 0.3) is 0 Å². The summed E-state index contributed by atoms with van der Waals surface area (Å²) in [5, 5.41) is 6.71. The van der Waals surface area contributed by atoms with Crippen molar-refractivity contribution in [1.29, 1.82) is 0 Å². The number of hydrogen-bond donors (Lipinski definition) is 2. The number of carbonyl (C=O) groups excluding carboxylic acids is 1. The molecule has 0 saturated carbocycles. The lowest BCUT2D eigenvalue weighted by Gasteiger charge is -2.15. The molecule has 0 unspecified atom stereocenters. The van der Waals surface area contributed by atoms with E-state index in [0.717, 1.165) is 22.5 Å². The number of ether oxygens (including phenoxy) is 2. The number of rotatable bonds is 8. The fourth-order valence-corrected chi connectivity index (χ4v) is 3.23. The van der Waals surface area contributed by atoms with Gasteiger partial charge in [-0.15, -0.1) is 0 Å². The minimum atomic E-state index is -0.262. The Hall–Kier alpha value is -3.18. The van der Waals surface area contributed by atoms with E-state index in [1.807, 2.05) is 43.3 Å². The van der Waals surface area contributed by atoms with Crippen molar-refractivity contribution < 1.29 is 14.3 Å². The fourth-order valence-electron chi connectivity index (χ4n) is 3.01. The molecule has 3 aromatic rings. The van der Waals surface area contributed by atoms with Crippen LogP contribution in [0.4, 0.5) is 11.4 Å². The van der Waals surface area contributed by atoms with Crippen molar-refractivity contribution in [2.75, 3.05) is 24.4 Å². The monoisotopic (exact) mass is 438 g/mol. The van der Waals surface area contributed by atoms with Gasteiger partial charge >= 0.3 is 0 Å². The average molecular weight is 439 g/mol. The Morgan fingerprint density at radius 3 is 2.29 bits per heavy atom. The van der Waals surface area contributed by atoms with Gasteiger partial charge in [-0.3, -0.25) is 4.79 Å². The second-order valence-electron chi connectivity index (χ2n) is 7.45. The molecule has 3 aromatic carbocycles. The summed E-state index contributed by atoms with van der Waals surface area (Å²) in [5.74, 6) is 0.674. The second-order valence-corrected chi connectivity index (χ2v) is 7.86. The molecule has 0 heterocycles. The third kappa shape index (κ3) is 6.15. The fraction of sp³-hybridized carbons (Fsp3) is 0.240. The Morgan fingerprint density at radius 1 is 0.903 bits per heavy atom. The third-order valence-electron chi connectivity index (χ3n) is 5.02. The lowest BCUT2D eigenvalue weighted by molar-refractivity contribution is -0.118. The van der Waals surface area contributed by atoms with Crippen molar-refractivity contribution in [3.05, 3.63) is 81.9 Å². The van der Waals surface area contributed by atoms with Crippen LogP contribution in [-0.4, -0.2) is 19.6 Å². The van der Waals surface area contributed by atoms with Crippen LogP contribution in [-0.2, 0) is 11.3 Å². The van der Waals surface area contributed by atoms with Crippen molar-refractivity contribution in [2.45, 2.75) is 27.3 Å². The molecule has 0 bridgehead atoms. The van der Waals surface area contributed by atoms with E-state index >= 15 is 0 Å². The van der Waals surface area contributed by atoms with Crippen molar-refractivity contribution in [3.63, 3.8) is 0 Å². The highest BCUT2D eigenvalue weighted by molar-refractivity contribution is 6.31. The smallest absolute Gasteiger partial charge is 0.262 e. The molecule has 31 heavy (non-hydrogen) atoms. The summed E-state index contributed by atoms with van der Waals surface area (Å²) in [4.78, 5) is 12.2. The Labute approximate surface area is 188 Å². The highest BCUT2D eigenvalue weighted by atomic mass is 35.5. The molecule has 0 spiro atoms. The molecule has 0 atom stereocenters. The summed E-state index contributed by atoms with van der Waals surface area (Å²) >= 11 is 6.46. The maximum Gasteiger partial charge on any atom is 0.262 e. The molecule has 6 heteroatoms. The predicted octanol–water partition coefficient (Wildman–Crippen LogP) is 5.90. The molecule has 0 aliphatic carbocycles. The molecule has 0 aromatic heterocycles. The van der Waals surface area contributed by atoms with E-state index in [1.165, 1.54) is 11.1 Å². The van der Waals surface area contributed by atoms with Crippen molar-refractivity contribution in [1.82, 2.24) is 0 Å². The van der Waals surface area contributed by atoms with Crippen molar-refractivity contribution in [3.8, 4) is 11.5 Å². The van der Waals surface area contributed by atoms with Gasteiger partial charge in [0.25, 0.3) is 5.91 Å². The first kappa shape index (κ1) is 22.5. The summed E-state index contributed by atoms with van der Waals surface area (Å²) in [6.07, 6.45) is 0. The van der Waals surface area contributed by atoms with Gasteiger partial charge in [0.15, 0.2) is 18.1 Å². The number of aryl methyl sites for hydroxylation is 3. The molecule has 5 nitrogen and oxygen atoms in total. The Morgan fingerprint density at radius 2 is 1.61 bits per heavy atom. The molecule has 0 fully saturated rings. The van der Waals surface area contributed by atoms with Crippen LogP contribution in [0.2, 0.25) is 5.02 Å². The predicted molar refractivity (Wildman–Crippen MR) is 127 cm³/mol. The van der Waals surface area contributed by atoms with E-state index in [2.05, 4.69) is 36.6 Å². The molecule has 0 radical (unpaired) electrons. The van der Waals surface area contributed by atoms with Gasteiger partial charge in [0.2, 0.25) is 0 Å².